The summed E-state index contributed by atoms with van der Waals surface area (Å²) in [6, 6.07) is 0. The molecule has 1 aliphatic carbocycles. The van der Waals surface area contributed by atoms with Gasteiger partial charge in [-0.15, -0.1) is 0 Å². The maximum atomic E-state index is 2.42. The monoisotopic (exact) mass is 230 g/mol. The minimum absolute atomic E-state index is 0.301. The van der Waals surface area contributed by atoms with Gasteiger partial charge in [0.25, 0.3) is 0 Å². The van der Waals surface area contributed by atoms with E-state index in [1.807, 2.05) is 6.92 Å². The molecule has 1 rings (SSSR count). The van der Waals surface area contributed by atoms with Crippen LogP contribution in [0.1, 0.15) is 48.0 Å². The molecule has 0 bridgehead atoms. The molecule has 0 N–H and O–H groups in total. The molecule has 0 nitrogen and oxygen atoms in total. The SMILES string of the molecule is C/C=C\C=C/C(C)C1=C(C)CC(C(C)(C)C)=C1. The lowest BCUT2D eigenvalue weighted by Gasteiger charge is -2.20. The van der Waals surface area contributed by atoms with Crippen LogP contribution in [-0.4, -0.2) is 0 Å². The van der Waals surface area contributed by atoms with E-state index in [0.29, 0.717) is 11.3 Å². The first kappa shape index (κ1) is 14.0. The Morgan fingerprint density at radius 1 is 1.24 bits per heavy atom. The Hall–Kier alpha value is -1.04. The average molecular weight is 230 g/mol. The molecule has 0 fully saturated rings. The van der Waals surface area contributed by atoms with Crippen LogP contribution in [0, 0.1) is 11.3 Å². The van der Waals surface area contributed by atoms with Crippen molar-refractivity contribution in [3.8, 4) is 0 Å². The van der Waals surface area contributed by atoms with Crippen LogP contribution in [0.5, 0.6) is 0 Å². The van der Waals surface area contributed by atoms with E-state index < -0.39 is 0 Å². The highest BCUT2D eigenvalue weighted by Crippen LogP contribution is 2.39. The molecule has 0 heterocycles. The Bertz CT molecular complexity index is 381. The topological polar surface area (TPSA) is 0 Å². The summed E-state index contributed by atoms with van der Waals surface area (Å²) in [5.74, 6) is 0.519. The van der Waals surface area contributed by atoms with E-state index in [1.165, 1.54) is 11.1 Å². The predicted octanol–water partition coefficient (Wildman–Crippen LogP) is 5.45. The molecule has 0 aromatic carbocycles. The van der Waals surface area contributed by atoms with Crippen molar-refractivity contribution in [2.24, 2.45) is 11.3 Å². The molecular formula is C17H26. The van der Waals surface area contributed by atoms with Crippen molar-refractivity contribution in [2.45, 2.75) is 48.0 Å². The molecule has 0 spiro atoms. The highest BCUT2D eigenvalue weighted by molar-refractivity contribution is 5.43. The molecule has 0 aromatic rings. The Morgan fingerprint density at radius 2 is 1.88 bits per heavy atom. The molecule has 17 heavy (non-hydrogen) atoms. The van der Waals surface area contributed by atoms with Crippen molar-refractivity contribution < 1.29 is 0 Å². The van der Waals surface area contributed by atoms with Gasteiger partial charge in [-0.25, -0.2) is 0 Å². The van der Waals surface area contributed by atoms with E-state index in [2.05, 4.69) is 65.0 Å². The Morgan fingerprint density at radius 3 is 2.35 bits per heavy atom. The van der Waals surface area contributed by atoms with Gasteiger partial charge < -0.3 is 0 Å². The summed E-state index contributed by atoms with van der Waals surface area (Å²) >= 11 is 0. The lowest BCUT2D eigenvalue weighted by atomic mass is 9.85. The molecule has 0 aromatic heterocycles. The highest BCUT2D eigenvalue weighted by atomic mass is 14.3. The number of hydrogen-bond donors (Lipinski definition) is 0. The van der Waals surface area contributed by atoms with Crippen molar-refractivity contribution in [2.75, 3.05) is 0 Å². The number of rotatable bonds is 3. The van der Waals surface area contributed by atoms with Crippen LogP contribution in [0.15, 0.2) is 47.1 Å². The first-order valence-corrected chi connectivity index (χ1v) is 6.56. The van der Waals surface area contributed by atoms with E-state index >= 15 is 0 Å². The van der Waals surface area contributed by atoms with Crippen molar-refractivity contribution in [3.05, 3.63) is 47.1 Å². The van der Waals surface area contributed by atoms with E-state index in [-0.39, 0.29) is 0 Å². The molecular weight excluding hydrogens is 204 g/mol. The molecule has 94 valence electrons. The van der Waals surface area contributed by atoms with E-state index in [1.54, 1.807) is 5.57 Å². The fourth-order valence-corrected chi connectivity index (χ4v) is 2.20. The molecule has 1 unspecified atom stereocenters. The zero-order chi connectivity index (χ0) is 13.1. The van der Waals surface area contributed by atoms with Gasteiger partial charge in [-0.1, -0.05) is 69.2 Å². The Kier molecular flexibility index (Phi) is 4.56. The zero-order valence-electron chi connectivity index (χ0n) is 12.2. The largest absolute Gasteiger partial charge is 0.0877 e. The normalized spacial score (nSPS) is 19.5. The van der Waals surface area contributed by atoms with Crippen LogP contribution >= 0.6 is 0 Å². The molecule has 0 aliphatic heterocycles. The lowest BCUT2D eigenvalue weighted by molar-refractivity contribution is 0.494. The van der Waals surface area contributed by atoms with Crippen LogP contribution in [0.2, 0.25) is 0 Å². The third kappa shape index (κ3) is 3.73. The van der Waals surface area contributed by atoms with Crippen LogP contribution in [-0.2, 0) is 0 Å². The third-order valence-corrected chi connectivity index (χ3v) is 3.44. The molecule has 1 aliphatic rings. The van der Waals surface area contributed by atoms with Gasteiger partial charge in [-0.2, -0.15) is 0 Å². The van der Waals surface area contributed by atoms with Crippen molar-refractivity contribution in [3.63, 3.8) is 0 Å². The summed E-state index contributed by atoms with van der Waals surface area (Å²) in [5, 5.41) is 0. The van der Waals surface area contributed by atoms with Crippen molar-refractivity contribution in [1.82, 2.24) is 0 Å². The Labute approximate surface area is 107 Å². The summed E-state index contributed by atoms with van der Waals surface area (Å²) in [4.78, 5) is 0. The maximum Gasteiger partial charge on any atom is -0.000777 e. The summed E-state index contributed by atoms with van der Waals surface area (Å²) in [5.41, 5.74) is 4.91. The minimum Gasteiger partial charge on any atom is -0.0877 e. The van der Waals surface area contributed by atoms with Gasteiger partial charge in [-0.3, -0.25) is 0 Å². The summed E-state index contributed by atoms with van der Waals surface area (Å²) in [6.45, 7) is 13.5. The highest BCUT2D eigenvalue weighted by Gasteiger charge is 2.24. The number of hydrogen-bond acceptors (Lipinski definition) is 0. The van der Waals surface area contributed by atoms with Crippen molar-refractivity contribution in [1.29, 1.82) is 0 Å². The number of allylic oxidation sites excluding steroid dienone is 8. The van der Waals surface area contributed by atoms with Gasteiger partial charge in [0, 0.05) is 0 Å². The molecule has 0 saturated heterocycles. The fourth-order valence-electron chi connectivity index (χ4n) is 2.20. The van der Waals surface area contributed by atoms with Crippen LogP contribution in [0.4, 0.5) is 0 Å². The first-order valence-electron chi connectivity index (χ1n) is 6.56. The van der Waals surface area contributed by atoms with Gasteiger partial charge >= 0.3 is 0 Å². The first-order chi connectivity index (χ1) is 7.86. The summed E-state index contributed by atoms with van der Waals surface area (Å²) in [7, 11) is 0. The molecule has 0 amide bonds. The molecule has 0 heteroatoms. The van der Waals surface area contributed by atoms with Gasteiger partial charge in [0.1, 0.15) is 0 Å². The molecule has 1 atom stereocenters. The average Bonchev–Trinajstić information content (AvgIpc) is 2.60. The van der Waals surface area contributed by atoms with E-state index in [0.717, 1.165) is 6.42 Å². The second-order valence-electron chi connectivity index (χ2n) is 6.03. The lowest BCUT2D eigenvalue weighted by Crippen LogP contribution is -2.07. The van der Waals surface area contributed by atoms with Crippen molar-refractivity contribution >= 4 is 0 Å². The summed E-state index contributed by atoms with van der Waals surface area (Å²) in [6.07, 6.45) is 12.2. The molecule has 0 radical (unpaired) electrons. The molecule has 0 saturated carbocycles. The van der Waals surface area contributed by atoms with Crippen LogP contribution in [0.3, 0.4) is 0 Å². The third-order valence-electron chi connectivity index (χ3n) is 3.44. The predicted molar refractivity (Wildman–Crippen MR) is 78.0 cm³/mol. The zero-order valence-corrected chi connectivity index (χ0v) is 12.2. The van der Waals surface area contributed by atoms with Crippen LogP contribution in [0.25, 0.3) is 0 Å². The maximum absolute atomic E-state index is 2.42. The van der Waals surface area contributed by atoms with Crippen LogP contribution < -0.4 is 0 Å². The second kappa shape index (κ2) is 5.53. The van der Waals surface area contributed by atoms with Gasteiger partial charge in [-0.05, 0) is 37.2 Å². The summed E-state index contributed by atoms with van der Waals surface area (Å²) < 4.78 is 0. The quantitative estimate of drug-likeness (QED) is 0.566. The van der Waals surface area contributed by atoms with E-state index in [9.17, 15) is 0 Å². The fraction of sp³-hybridized carbons (Fsp3) is 0.529. The minimum atomic E-state index is 0.301. The van der Waals surface area contributed by atoms with Gasteiger partial charge in [0.2, 0.25) is 0 Å². The standard InChI is InChI=1S/C17H26/c1-7-8-9-10-13(2)16-12-15(11-14(16)3)17(4,5)6/h7-10,12-13H,11H2,1-6H3/b8-7-,10-9-. The Balaban J connectivity index is 2.83. The smallest absolute Gasteiger partial charge is 0.000777 e. The second-order valence-corrected chi connectivity index (χ2v) is 6.03. The van der Waals surface area contributed by atoms with E-state index in [4.69, 9.17) is 0 Å². The van der Waals surface area contributed by atoms with Gasteiger partial charge in [0.15, 0.2) is 0 Å². The van der Waals surface area contributed by atoms with Gasteiger partial charge in [0.05, 0.1) is 0 Å².